The standard InChI is InChI=1S/C9H8INO2S/c1-2-9(10)11-14(12,13)8-6-4-3-5-7-8/h1,3-7,9,11H. The summed E-state index contributed by atoms with van der Waals surface area (Å²) in [5.41, 5.74) is 0. The first-order chi connectivity index (χ1) is 6.56. The van der Waals surface area contributed by atoms with E-state index in [0.717, 1.165) is 0 Å². The van der Waals surface area contributed by atoms with Crippen molar-refractivity contribution in [3.63, 3.8) is 0 Å². The van der Waals surface area contributed by atoms with Crippen LogP contribution in [-0.2, 0) is 10.0 Å². The first-order valence-electron chi connectivity index (χ1n) is 3.74. The summed E-state index contributed by atoms with van der Waals surface area (Å²) >= 11 is 1.83. The number of hydrogen-bond acceptors (Lipinski definition) is 2. The fourth-order valence-corrected chi connectivity index (χ4v) is 2.83. The van der Waals surface area contributed by atoms with Crippen molar-refractivity contribution in [1.82, 2.24) is 4.72 Å². The van der Waals surface area contributed by atoms with E-state index in [1.54, 1.807) is 18.2 Å². The lowest BCUT2D eigenvalue weighted by Crippen LogP contribution is -2.29. The summed E-state index contributed by atoms with van der Waals surface area (Å²) in [4.78, 5) is 0.219. The Morgan fingerprint density at radius 3 is 2.43 bits per heavy atom. The van der Waals surface area contributed by atoms with Crippen molar-refractivity contribution in [1.29, 1.82) is 0 Å². The van der Waals surface area contributed by atoms with Gasteiger partial charge in [-0.1, -0.05) is 24.1 Å². The summed E-state index contributed by atoms with van der Waals surface area (Å²) in [7, 11) is -3.47. The van der Waals surface area contributed by atoms with E-state index in [-0.39, 0.29) is 4.90 Å². The zero-order valence-corrected chi connectivity index (χ0v) is 10.1. The van der Waals surface area contributed by atoms with Crippen molar-refractivity contribution < 1.29 is 8.42 Å². The molecule has 5 heteroatoms. The third kappa shape index (κ3) is 2.97. The Balaban J connectivity index is 2.94. The molecule has 1 atom stereocenters. The molecule has 1 aromatic rings. The van der Waals surface area contributed by atoms with Crippen molar-refractivity contribution >= 4 is 32.6 Å². The van der Waals surface area contributed by atoms with Gasteiger partial charge in [0, 0.05) is 0 Å². The molecular weight excluding hydrogens is 313 g/mol. The highest BCUT2D eigenvalue weighted by molar-refractivity contribution is 14.1. The molecule has 0 aromatic heterocycles. The van der Waals surface area contributed by atoms with Crippen molar-refractivity contribution in [3.8, 4) is 12.3 Å². The van der Waals surface area contributed by atoms with Gasteiger partial charge in [0.15, 0.2) is 0 Å². The molecule has 0 radical (unpaired) electrons. The fourth-order valence-electron chi connectivity index (χ4n) is 0.838. The highest BCUT2D eigenvalue weighted by Crippen LogP contribution is 2.09. The second kappa shape index (κ2) is 4.77. The van der Waals surface area contributed by atoms with Gasteiger partial charge in [-0.25, -0.2) is 8.42 Å². The molecule has 0 fully saturated rings. The smallest absolute Gasteiger partial charge is 0.207 e. The Morgan fingerprint density at radius 1 is 1.36 bits per heavy atom. The van der Waals surface area contributed by atoms with Crippen molar-refractivity contribution in [3.05, 3.63) is 30.3 Å². The molecule has 0 bridgehead atoms. The van der Waals surface area contributed by atoms with E-state index in [1.165, 1.54) is 12.1 Å². The number of hydrogen-bond donors (Lipinski definition) is 1. The zero-order chi connectivity index (χ0) is 10.6. The van der Waals surface area contributed by atoms with E-state index >= 15 is 0 Å². The van der Waals surface area contributed by atoms with E-state index in [2.05, 4.69) is 10.6 Å². The van der Waals surface area contributed by atoms with Crippen LogP contribution in [0.25, 0.3) is 0 Å². The van der Waals surface area contributed by atoms with Gasteiger partial charge in [0.1, 0.15) is 4.05 Å². The van der Waals surface area contributed by atoms with E-state index in [4.69, 9.17) is 6.42 Å². The SMILES string of the molecule is C#CC(I)NS(=O)(=O)c1ccccc1. The van der Waals surface area contributed by atoms with Crippen LogP contribution < -0.4 is 4.72 Å². The summed E-state index contributed by atoms with van der Waals surface area (Å²) in [6.07, 6.45) is 5.07. The van der Waals surface area contributed by atoms with Crippen LogP contribution in [0.3, 0.4) is 0 Å². The topological polar surface area (TPSA) is 46.2 Å². The van der Waals surface area contributed by atoms with E-state index in [0.29, 0.717) is 0 Å². The minimum absolute atomic E-state index is 0.219. The molecule has 1 unspecified atom stereocenters. The second-order valence-corrected chi connectivity index (χ2v) is 5.42. The number of nitrogens with one attached hydrogen (secondary N) is 1. The number of rotatable bonds is 3. The molecule has 0 saturated heterocycles. The normalized spacial score (nSPS) is 13.1. The molecular formula is C9H8INO2S. The summed E-state index contributed by atoms with van der Waals surface area (Å²) < 4.78 is 25.0. The summed E-state index contributed by atoms with van der Waals surface area (Å²) in [6, 6.07) is 8.10. The minimum Gasteiger partial charge on any atom is -0.207 e. The Hall–Kier alpha value is -0.580. The third-order valence-electron chi connectivity index (χ3n) is 1.46. The quantitative estimate of drug-likeness (QED) is 0.395. The molecule has 0 spiro atoms. The molecule has 0 aliphatic carbocycles. The van der Waals surface area contributed by atoms with E-state index in [1.807, 2.05) is 22.6 Å². The molecule has 0 amide bonds. The molecule has 0 heterocycles. The average Bonchev–Trinajstić information content (AvgIpc) is 2.18. The molecule has 0 saturated carbocycles. The summed E-state index contributed by atoms with van der Waals surface area (Å²) in [5.74, 6) is 2.29. The first kappa shape index (κ1) is 11.5. The van der Waals surface area contributed by atoms with Gasteiger partial charge >= 0.3 is 0 Å². The zero-order valence-electron chi connectivity index (χ0n) is 7.14. The number of sulfonamides is 1. The largest absolute Gasteiger partial charge is 0.242 e. The van der Waals surface area contributed by atoms with Crippen LogP contribution in [0.15, 0.2) is 35.2 Å². The van der Waals surface area contributed by atoms with Gasteiger partial charge < -0.3 is 0 Å². The monoisotopic (exact) mass is 321 g/mol. The average molecular weight is 321 g/mol. The number of terminal acetylenes is 1. The predicted octanol–water partition coefficient (Wildman–Crippen LogP) is 1.36. The number of benzene rings is 1. The lowest BCUT2D eigenvalue weighted by Gasteiger charge is -2.07. The van der Waals surface area contributed by atoms with Crippen LogP contribution >= 0.6 is 22.6 Å². The molecule has 14 heavy (non-hydrogen) atoms. The Labute approximate surface area is 97.1 Å². The Morgan fingerprint density at radius 2 is 1.93 bits per heavy atom. The van der Waals surface area contributed by atoms with Crippen LogP contribution in [0.1, 0.15) is 0 Å². The maximum atomic E-state index is 11.6. The van der Waals surface area contributed by atoms with Gasteiger partial charge in [-0.15, -0.1) is 6.42 Å². The van der Waals surface area contributed by atoms with Crippen LogP contribution in [-0.4, -0.2) is 12.5 Å². The third-order valence-corrected chi connectivity index (χ3v) is 3.99. The van der Waals surface area contributed by atoms with Crippen molar-refractivity contribution in [2.24, 2.45) is 0 Å². The van der Waals surface area contributed by atoms with E-state index < -0.39 is 14.1 Å². The predicted molar refractivity (Wildman–Crippen MR) is 63.4 cm³/mol. The molecule has 0 aliphatic heterocycles. The maximum absolute atomic E-state index is 11.6. The number of alkyl halides is 1. The lowest BCUT2D eigenvalue weighted by atomic mass is 10.4. The van der Waals surface area contributed by atoms with E-state index in [9.17, 15) is 8.42 Å². The van der Waals surface area contributed by atoms with Gasteiger partial charge in [-0.2, -0.15) is 4.72 Å². The fraction of sp³-hybridized carbons (Fsp3) is 0.111. The Kier molecular flexibility index (Phi) is 3.92. The second-order valence-electron chi connectivity index (χ2n) is 2.46. The molecule has 74 valence electrons. The first-order valence-corrected chi connectivity index (χ1v) is 6.47. The van der Waals surface area contributed by atoms with Gasteiger partial charge in [-0.3, -0.25) is 0 Å². The molecule has 1 rings (SSSR count). The van der Waals surface area contributed by atoms with Gasteiger partial charge in [-0.05, 0) is 34.7 Å². The molecule has 1 aromatic carbocycles. The van der Waals surface area contributed by atoms with Crippen LogP contribution in [0, 0.1) is 12.3 Å². The molecule has 0 aliphatic rings. The van der Waals surface area contributed by atoms with Crippen LogP contribution in [0.5, 0.6) is 0 Å². The maximum Gasteiger partial charge on any atom is 0.242 e. The number of halogens is 1. The minimum atomic E-state index is -3.47. The summed E-state index contributed by atoms with van der Waals surface area (Å²) in [5, 5.41) is 0. The van der Waals surface area contributed by atoms with Gasteiger partial charge in [0.2, 0.25) is 10.0 Å². The molecule has 3 nitrogen and oxygen atoms in total. The van der Waals surface area contributed by atoms with Crippen molar-refractivity contribution in [2.45, 2.75) is 8.94 Å². The Bertz CT molecular complexity index is 436. The molecule has 1 N–H and O–H groups in total. The highest BCUT2D eigenvalue weighted by atomic mass is 127. The van der Waals surface area contributed by atoms with Crippen LogP contribution in [0.4, 0.5) is 0 Å². The van der Waals surface area contributed by atoms with Gasteiger partial charge in [0.25, 0.3) is 0 Å². The highest BCUT2D eigenvalue weighted by Gasteiger charge is 2.15. The van der Waals surface area contributed by atoms with Crippen LogP contribution in [0.2, 0.25) is 0 Å². The van der Waals surface area contributed by atoms with Gasteiger partial charge in [0.05, 0.1) is 4.90 Å². The van der Waals surface area contributed by atoms with Crippen molar-refractivity contribution in [2.75, 3.05) is 0 Å². The lowest BCUT2D eigenvalue weighted by molar-refractivity contribution is 0.585. The summed E-state index contributed by atoms with van der Waals surface area (Å²) in [6.45, 7) is 0.